The fraction of sp³-hybridized carbons (Fsp3) is 0.0645. The molecule has 0 radical (unpaired) electrons. The second-order valence-electron chi connectivity index (χ2n) is 17.5. The zero-order valence-electron chi connectivity index (χ0n) is 35.5. The Hall–Kier alpha value is -7.74. The van der Waals surface area contributed by atoms with Gasteiger partial charge in [0.15, 0.2) is 0 Å². The number of benzene rings is 10. The molecule has 12 rings (SSSR count). The molecule has 1 nitrogen and oxygen atoms in total. The van der Waals surface area contributed by atoms with E-state index in [0.29, 0.717) is 0 Å². The molecule has 0 amide bonds. The van der Waals surface area contributed by atoms with E-state index >= 15 is 0 Å². The van der Waals surface area contributed by atoms with Crippen LogP contribution in [0.1, 0.15) is 47.2 Å². The molecular weight excluding hydrogens is 759 g/mol. The van der Waals surface area contributed by atoms with Crippen molar-refractivity contribution in [1.29, 1.82) is 0 Å². The predicted octanol–water partition coefficient (Wildman–Crippen LogP) is 16.3. The largest absolute Gasteiger partial charge is 0.310 e. The van der Waals surface area contributed by atoms with Crippen molar-refractivity contribution in [1.82, 2.24) is 0 Å². The van der Waals surface area contributed by atoms with Gasteiger partial charge in [-0.3, -0.25) is 0 Å². The normalized spacial score (nSPS) is 16.9. The van der Waals surface area contributed by atoms with Gasteiger partial charge in [0.2, 0.25) is 0 Å². The molecule has 0 saturated heterocycles. The average molecular weight is 804 g/mol. The van der Waals surface area contributed by atoms with Crippen LogP contribution in [0.4, 0.5) is 17.1 Å². The van der Waals surface area contributed by atoms with Crippen molar-refractivity contribution in [2.45, 2.75) is 24.7 Å². The maximum Gasteiger partial charge on any atom is 0.0540 e. The highest BCUT2D eigenvalue weighted by atomic mass is 15.1. The maximum absolute atomic E-state index is 2.49. The Bertz CT molecular complexity index is 3380. The zero-order valence-corrected chi connectivity index (χ0v) is 35.5. The first-order chi connectivity index (χ1) is 31.0. The molecule has 10 aromatic carbocycles. The lowest BCUT2D eigenvalue weighted by Gasteiger charge is -2.32. The lowest BCUT2D eigenvalue weighted by atomic mass is 9.74. The third-order valence-electron chi connectivity index (χ3n) is 14.2. The summed E-state index contributed by atoms with van der Waals surface area (Å²) in [7, 11) is 0. The Morgan fingerprint density at radius 3 is 1.46 bits per heavy atom. The van der Waals surface area contributed by atoms with E-state index in [1.807, 2.05) is 0 Å². The number of anilines is 3. The van der Waals surface area contributed by atoms with Crippen molar-refractivity contribution >= 4 is 27.8 Å². The molecule has 0 heterocycles. The van der Waals surface area contributed by atoms with Crippen molar-refractivity contribution in [3.8, 4) is 44.5 Å². The van der Waals surface area contributed by atoms with Crippen LogP contribution in [0.5, 0.6) is 0 Å². The molecule has 0 fully saturated rings. The summed E-state index contributed by atoms with van der Waals surface area (Å²) in [5.41, 5.74) is 20.6. The van der Waals surface area contributed by atoms with Crippen LogP contribution in [0.3, 0.4) is 0 Å². The molecule has 2 aliphatic carbocycles. The number of nitrogens with zero attached hydrogens (tertiary/aromatic N) is 1. The van der Waals surface area contributed by atoms with E-state index in [4.69, 9.17) is 0 Å². The fourth-order valence-corrected chi connectivity index (χ4v) is 11.0. The summed E-state index contributed by atoms with van der Waals surface area (Å²) in [6, 6.07) is 87.8. The van der Waals surface area contributed by atoms with Crippen LogP contribution in [-0.2, 0) is 10.8 Å². The van der Waals surface area contributed by atoms with Crippen LogP contribution < -0.4 is 4.90 Å². The first kappa shape index (κ1) is 37.1. The fourth-order valence-electron chi connectivity index (χ4n) is 11.0. The van der Waals surface area contributed by atoms with Gasteiger partial charge in [0.1, 0.15) is 0 Å². The molecule has 298 valence electrons. The lowest BCUT2D eigenvalue weighted by Crippen LogP contribution is -2.23. The summed E-state index contributed by atoms with van der Waals surface area (Å²) in [6.07, 6.45) is 0. The van der Waals surface area contributed by atoms with Crippen LogP contribution in [0.2, 0.25) is 0 Å². The number of hydrogen-bond donors (Lipinski definition) is 0. The first-order valence-corrected chi connectivity index (χ1v) is 22.1. The van der Waals surface area contributed by atoms with Gasteiger partial charge in [-0.05, 0) is 139 Å². The van der Waals surface area contributed by atoms with Crippen LogP contribution >= 0.6 is 0 Å². The smallest absolute Gasteiger partial charge is 0.0540 e. The van der Waals surface area contributed by atoms with Crippen LogP contribution in [0, 0.1) is 0 Å². The van der Waals surface area contributed by atoms with Crippen LogP contribution in [0.25, 0.3) is 55.3 Å². The van der Waals surface area contributed by atoms with E-state index in [2.05, 4.69) is 255 Å². The third kappa shape index (κ3) is 5.70. The second kappa shape index (κ2) is 14.4. The molecule has 63 heavy (non-hydrogen) atoms. The Morgan fingerprint density at radius 2 is 0.778 bits per heavy atom. The summed E-state index contributed by atoms with van der Waals surface area (Å²) in [4.78, 5) is 2.49. The summed E-state index contributed by atoms with van der Waals surface area (Å²) in [5.74, 6) is 0. The number of fused-ring (bicyclic) bond motifs is 7. The number of para-hydroxylation sites is 1. The van der Waals surface area contributed by atoms with Gasteiger partial charge in [-0.25, -0.2) is 0 Å². The van der Waals surface area contributed by atoms with Gasteiger partial charge in [-0.2, -0.15) is 0 Å². The second-order valence-corrected chi connectivity index (χ2v) is 17.5. The minimum absolute atomic E-state index is 0.303. The Morgan fingerprint density at radius 1 is 0.286 bits per heavy atom. The molecular formula is C62H45N. The highest BCUT2D eigenvalue weighted by Gasteiger charge is 2.42. The molecule has 2 atom stereocenters. The Balaban J connectivity index is 1.07. The number of rotatable bonds is 7. The van der Waals surface area contributed by atoms with E-state index in [9.17, 15) is 0 Å². The van der Waals surface area contributed by atoms with Crippen molar-refractivity contribution in [2.75, 3.05) is 4.90 Å². The summed E-state index contributed by atoms with van der Waals surface area (Å²) >= 11 is 0. The molecule has 10 aromatic rings. The van der Waals surface area contributed by atoms with Crippen molar-refractivity contribution in [3.63, 3.8) is 0 Å². The van der Waals surface area contributed by atoms with Gasteiger partial charge < -0.3 is 4.90 Å². The molecule has 0 N–H and O–H groups in total. The third-order valence-corrected chi connectivity index (χ3v) is 14.2. The maximum atomic E-state index is 2.49. The minimum Gasteiger partial charge on any atom is -0.310 e. The SMILES string of the molecule is CC1(c2ccccc2)c2ccccc2-c2ccc(-c3ccccc3N(c3cccc(-c4ccc5ccccc5c4)c3)c3ccc4c(c3)C(C)(c3ccccc3)c3ccccc3-4)cc21. The van der Waals surface area contributed by atoms with Gasteiger partial charge in [-0.15, -0.1) is 0 Å². The standard InChI is InChI=1S/C62H45N/c1-61(47-21-5-3-6-22-47)56-29-14-11-27-52(56)54-36-34-46(40-58(54)61)51-26-13-16-31-60(51)63(49-25-17-20-44(39-49)45-33-32-42-18-9-10-19-43(42)38-45)50-35-37-55-53-28-12-15-30-57(53)62(2,59(55)41-50)48-23-7-4-8-24-48/h3-41H,1-2H3. The van der Waals surface area contributed by atoms with Gasteiger partial charge in [0.05, 0.1) is 5.69 Å². The molecule has 0 aromatic heterocycles. The van der Waals surface area contributed by atoms with Crippen LogP contribution in [-0.4, -0.2) is 0 Å². The average Bonchev–Trinajstić information content (AvgIpc) is 3.77. The molecule has 0 saturated carbocycles. The van der Waals surface area contributed by atoms with Crippen molar-refractivity contribution in [2.24, 2.45) is 0 Å². The summed E-state index contributed by atoms with van der Waals surface area (Å²) in [5, 5.41) is 2.48. The summed E-state index contributed by atoms with van der Waals surface area (Å²) < 4.78 is 0. The van der Waals surface area contributed by atoms with Gasteiger partial charge in [0, 0.05) is 27.8 Å². The van der Waals surface area contributed by atoms with Crippen LogP contribution in [0.15, 0.2) is 237 Å². The lowest BCUT2D eigenvalue weighted by molar-refractivity contribution is 0.714. The van der Waals surface area contributed by atoms with E-state index < -0.39 is 0 Å². The van der Waals surface area contributed by atoms with E-state index in [-0.39, 0.29) is 10.8 Å². The van der Waals surface area contributed by atoms with Crippen molar-refractivity contribution < 1.29 is 0 Å². The summed E-state index contributed by atoms with van der Waals surface area (Å²) in [6.45, 7) is 4.81. The van der Waals surface area contributed by atoms with E-state index in [0.717, 1.165) is 17.1 Å². The minimum atomic E-state index is -0.335. The van der Waals surface area contributed by atoms with Gasteiger partial charge >= 0.3 is 0 Å². The van der Waals surface area contributed by atoms with E-state index in [1.54, 1.807) is 0 Å². The molecule has 2 unspecified atom stereocenters. The number of hydrogen-bond acceptors (Lipinski definition) is 1. The zero-order chi connectivity index (χ0) is 42.1. The molecule has 1 heteroatoms. The Kier molecular flexibility index (Phi) is 8.49. The monoisotopic (exact) mass is 803 g/mol. The van der Waals surface area contributed by atoms with Gasteiger partial charge in [-0.1, -0.05) is 194 Å². The van der Waals surface area contributed by atoms with Crippen molar-refractivity contribution in [3.05, 3.63) is 270 Å². The quantitative estimate of drug-likeness (QED) is 0.155. The Labute approximate surface area is 370 Å². The molecule has 0 bridgehead atoms. The molecule has 0 spiro atoms. The predicted molar refractivity (Wildman–Crippen MR) is 264 cm³/mol. The molecule has 0 aliphatic heterocycles. The highest BCUT2D eigenvalue weighted by molar-refractivity contribution is 5.94. The topological polar surface area (TPSA) is 3.24 Å². The highest BCUT2D eigenvalue weighted by Crippen LogP contribution is 2.56. The molecule has 2 aliphatic rings. The van der Waals surface area contributed by atoms with E-state index in [1.165, 1.54) is 88.7 Å². The first-order valence-electron chi connectivity index (χ1n) is 22.1. The van der Waals surface area contributed by atoms with Gasteiger partial charge in [0.25, 0.3) is 0 Å².